The molecule has 0 bridgehead atoms. The van der Waals surface area contributed by atoms with Crippen molar-refractivity contribution in [1.29, 1.82) is 0 Å². The lowest BCUT2D eigenvalue weighted by Gasteiger charge is -2.07. The molecular formula is C14H14N2. The average Bonchev–Trinajstić information content (AvgIpc) is 2.64. The molecule has 2 aromatic rings. The van der Waals surface area contributed by atoms with Crippen LogP contribution in [0.25, 0.3) is 11.1 Å². The normalized spacial score (nSPS) is 12.4. The van der Waals surface area contributed by atoms with E-state index >= 15 is 0 Å². The molecule has 0 saturated heterocycles. The van der Waals surface area contributed by atoms with Crippen LogP contribution in [0.2, 0.25) is 0 Å². The Morgan fingerprint density at radius 1 is 1.12 bits per heavy atom. The Morgan fingerprint density at radius 2 is 1.94 bits per heavy atom. The maximum atomic E-state index is 4.48. The summed E-state index contributed by atoms with van der Waals surface area (Å²) in [6, 6.07) is 2.07. The second-order valence-electron chi connectivity index (χ2n) is 4.49. The summed E-state index contributed by atoms with van der Waals surface area (Å²) < 4.78 is 0. The van der Waals surface area contributed by atoms with E-state index in [9.17, 15) is 0 Å². The average molecular weight is 210 g/mol. The Kier molecular flexibility index (Phi) is 1.87. The molecule has 16 heavy (non-hydrogen) atoms. The summed E-state index contributed by atoms with van der Waals surface area (Å²) in [5.74, 6) is 0. The van der Waals surface area contributed by atoms with Crippen molar-refractivity contribution in [1.82, 2.24) is 9.97 Å². The van der Waals surface area contributed by atoms with Crippen molar-refractivity contribution in [3.05, 3.63) is 46.5 Å². The van der Waals surface area contributed by atoms with Crippen LogP contribution in [0.4, 0.5) is 0 Å². The number of hydrogen-bond donors (Lipinski definition) is 0. The van der Waals surface area contributed by atoms with Crippen LogP contribution >= 0.6 is 0 Å². The van der Waals surface area contributed by atoms with E-state index < -0.39 is 0 Å². The number of hydrogen-bond acceptors (Lipinski definition) is 2. The molecule has 1 aliphatic rings. The van der Waals surface area contributed by atoms with E-state index in [2.05, 4.69) is 36.8 Å². The van der Waals surface area contributed by atoms with Crippen LogP contribution in [0, 0.1) is 20.8 Å². The van der Waals surface area contributed by atoms with Crippen molar-refractivity contribution in [2.75, 3.05) is 0 Å². The minimum absolute atomic E-state index is 0.960. The molecule has 2 heterocycles. The Balaban J connectivity index is 2.34. The van der Waals surface area contributed by atoms with Crippen molar-refractivity contribution in [2.24, 2.45) is 0 Å². The number of pyridine rings is 2. The van der Waals surface area contributed by atoms with Gasteiger partial charge in [0.2, 0.25) is 0 Å². The van der Waals surface area contributed by atoms with Gasteiger partial charge in [-0.1, -0.05) is 0 Å². The summed E-state index contributed by atoms with van der Waals surface area (Å²) in [6.45, 7) is 6.37. The Hall–Kier alpha value is -1.70. The van der Waals surface area contributed by atoms with Crippen LogP contribution in [0.15, 0.2) is 18.5 Å². The zero-order chi connectivity index (χ0) is 11.3. The first-order valence-corrected chi connectivity index (χ1v) is 5.58. The van der Waals surface area contributed by atoms with Crippen LogP contribution in [0.3, 0.4) is 0 Å². The van der Waals surface area contributed by atoms with Gasteiger partial charge in [0.15, 0.2) is 0 Å². The minimum Gasteiger partial charge on any atom is -0.261 e. The first-order chi connectivity index (χ1) is 7.68. The SMILES string of the molecule is Cc1ccnc2c1-c1cnc(C)c(C)c1C2. The second-order valence-corrected chi connectivity index (χ2v) is 4.49. The van der Waals surface area contributed by atoms with Crippen LogP contribution in [-0.2, 0) is 6.42 Å². The summed E-state index contributed by atoms with van der Waals surface area (Å²) in [6.07, 6.45) is 4.86. The molecule has 0 aliphatic heterocycles. The molecule has 2 nitrogen and oxygen atoms in total. The third-order valence-electron chi connectivity index (χ3n) is 3.56. The van der Waals surface area contributed by atoms with E-state index in [0.717, 1.165) is 12.1 Å². The topological polar surface area (TPSA) is 25.8 Å². The summed E-state index contributed by atoms with van der Waals surface area (Å²) in [4.78, 5) is 8.94. The van der Waals surface area contributed by atoms with Gasteiger partial charge < -0.3 is 0 Å². The highest BCUT2D eigenvalue weighted by atomic mass is 14.7. The fourth-order valence-electron chi connectivity index (χ4n) is 2.48. The van der Waals surface area contributed by atoms with Crippen LogP contribution in [0.5, 0.6) is 0 Å². The predicted octanol–water partition coefficient (Wildman–Crippen LogP) is 2.97. The molecule has 3 rings (SSSR count). The van der Waals surface area contributed by atoms with Gasteiger partial charge in [0.25, 0.3) is 0 Å². The van der Waals surface area contributed by atoms with Gasteiger partial charge in [0, 0.05) is 35.6 Å². The molecular weight excluding hydrogens is 196 g/mol. The van der Waals surface area contributed by atoms with Gasteiger partial charge in [-0.15, -0.1) is 0 Å². The summed E-state index contributed by atoms with van der Waals surface area (Å²) >= 11 is 0. The Labute approximate surface area is 95.4 Å². The predicted molar refractivity (Wildman–Crippen MR) is 64.5 cm³/mol. The fourth-order valence-corrected chi connectivity index (χ4v) is 2.48. The van der Waals surface area contributed by atoms with Crippen LogP contribution in [0.1, 0.15) is 28.1 Å². The van der Waals surface area contributed by atoms with Gasteiger partial charge >= 0.3 is 0 Å². The van der Waals surface area contributed by atoms with E-state index in [4.69, 9.17) is 0 Å². The molecule has 0 fully saturated rings. The molecule has 0 amide bonds. The third kappa shape index (κ3) is 1.13. The quantitative estimate of drug-likeness (QED) is 0.570. The zero-order valence-electron chi connectivity index (χ0n) is 9.83. The smallest absolute Gasteiger partial charge is 0.0529 e. The molecule has 0 radical (unpaired) electrons. The Morgan fingerprint density at radius 3 is 2.75 bits per heavy atom. The molecule has 0 atom stereocenters. The second kappa shape index (κ2) is 3.14. The monoisotopic (exact) mass is 210 g/mol. The minimum atomic E-state index is 0.960. The number of rotatable bonds is 0. The standard InChI is InChI=1S/C14H14N2/c1-8-4-5-15-13-6-11-9(2)10(3)16-7-12(11)14(8)13/h4-5,7H,6H2,1-3H3. The van der Waals surface area contributed by atoms with Crippen molar-refractivity contribution >= 4 is 0 Å². The number of nitrogens with zero attached hydrogens (tertiary/aromatic N) is 2. The molecule has 0 N–H and O–H groups in total. The molecule has 1 aliphatic carbocycles. The maximum absolute atomic E-state index is 4.48. The van der Waals surface area contributed by atoms with E-state index in [0.29, 0.717) is 0 Å². The highest BCUT2D eigenvalue weighted by Gasteiger charge is 2.23. The highest BCUT2D eigenvalue weighted by Crippen LogP contribution is 2.38. The van der Waals surface area contributed by atoms with Crippen molar-refractivity contribution in [2.45, 2.75) is 27.2 Å². The van der Waals surface area contributed by atoms with Crippen molar-refractivity contribution in [3.63, 3.8) is 0 Å². The first-order valence-electron chi connectivity index (χ1n) is 5.58. The van der Waals surface area contributed by atoms with Gasteiger partial charge in [0.1, 0.15) is 0 Å². The Bertz CT molecular complexity index is 586. The lowest BCUT2D eigenvalue weighted by molar-refractivity contribution is 1.07. The van der Waals surface area contributed by atoms with Crippen molar-refractivity contribution < 1.29 is 0 Å². The van der Waals surface area contributed by atoms with E-state index in [1.165, 1.54) is 33.5 Å². The number of aromatic nitrogens is 2. The molecule has 2 aromatic heterocycles. The molecule has 0 aromatic carbocycles. The molecule has 0 unspecified atom stereocenters. The molecule has 0 spiro atoms. The molecule has 80 valence electrons. The van der Waals surface area contributed by atoms with E-state index in [-0.39, 0.29) is 0 Å². The van der Waals surface area contributed by atoms with Gasteiger partial charge in [-0.3, -0.25) is 9.97 Å². The first kappa shape index (κ1) is 9.52. The van der Waals surface area contributed by atoms with Gasteiger partial charge in [-0.2, -0.15) is 0 Å². The summed E-state index contributed by atoms with van der Waals surface area (Å²) in [5, 5.41) is 0. The lowest BCUT2D eigenvalue weighted by atomic mass is 10.0. The van der Waals surface area contributed by atoms with E-state index in [1.54, 1.807) is 0 Å². The fraction of sp³-hybridized carbons (Fsp3) is 0.286. The van der Waals surface area contributed by atoms with Crippen molar-refractivity contribution in [3.8, 4) is 11.1 Å². The van der Waals surface area contributed by atoms with Crippen LogP contribution in [-0.4, -0.2) is 9.97 Å². The van der Waals surface area contributed by atoms with Crippen LogP contribution < -0.4 is 0 Å². The highest BCUT2D eigenvalue weighted by molar-refractivity contribution is 5.78. The largest absolute Gasteiger partial charge is 0.261 e. The number of fused-ring (bicyclic) bond motifs is 3. The summed E-state index contributed by atoms with van der Waals surface area (Å²) in [7, 11) is 0. The number of aryl methyl sites for hydroxylation is 2. The molecule has 0 saturated carbocycles. The van der Waals surface area contributed by atoms with Gasteiger partial charge in [0.05, 0.1) is 5.69 Å². The zero-order valence-corrected chi connectivity index (χ0v) is 9.83. The lowest BCUT2D eigenvalue weighted by Crippen LogP contribution is -1.93. The van der Waals surface area contributed by atoms with Gasteiger partial charge in [-0.05, 0) is 43.5 Å². The van der Waals surface area contributed by atoms with Gasteiger partial charge in [-0.25, -0.2) is 0 Å². The molecule has 2 heteroatoms. The van der Waals surface area contributed by atoms with E-state index in [1.807, 2.05) is 12.4 Å². The summed E-state index contributed by atoms with van der Waals surface area (Å²) in [5.41, 5.74) is 8.93. The maximum Gasteiger partial charge on any atom is 0.0529 e. The third-order valence-corrected chi connectivity index (χ3v) is 3.56.